The zero-order valence-corrected chi connectivity index (χ0v) is 15.6. The summed E-state index contributed by atoms with van der Waals surface area (Å²) in [5.74, 6) is 0. The highest BCUT2D eigenvalue weighted by molar-refractivity contribution is 7.93. The van der Waals surface area contributed by atoms with E-state index in [1.165, 1.54) is 30.3 Å². The Morgan fingerprint density at radius 2 is 1.54 bits per heavy atom. The van der Waals surface area contributed by atoms with Crippen LogP contribution in [-0.4, -0.2) is 28.6 Å². The number of benzene rings is 1. The molecule has 0 amide bonds. The molecule has 0 aliphatic heterocycles. The minimum atomic E-state index is -3.68. The van der Waals surface area contributed by atoms with Crippen molar-refractivity contribution in [2.45, 2.75) is 39.1 Å². The van der Waals surface area contributed by atoms with Gasteiger partial charge in [0.15, 0.2) is 9.84 Å². The molecule has 0 fully saturated rings. The average molecular weight is 389 g/mol. The molecule has 0 spiro atoms. The van der Waals surface area contributed by atoms with Crippen LogP contribution < -0.4 is 11.5 Å². The summed E-state index contributed by atoms with van der Waals surface area (Å²) in [4.78, 5) is 0.891. The number of nitrogens with two attached hydrogens (primary N) is 2. The Kier molecular flexibility index (Phi) is 5.82. The third-order valence-corrected chi connectivity index (χ3v) is 9.42. The van der Waals surface area contributed by atoms with Gasteiger partial charge in [0.1, 0.15) is 4.21 Å². The van der Waals surface area contributed by atoms with E-state index in [-0.39, 0.29) is 27.1 Å². The summed E-state index contributed by atoms with van der Waals surface area (Å²) in [5, 5.41) is -0.677. The van der Waals surface area contributed by atoms with Gasteiger partial charge >= 0.3 is 0 Å². The van der Waals surface area contributed by atoms with Crippen molar-refractivity contribution < 1.29 is 16.8 Å². The molecule has 0 aliphatic carbocycles. The van der Waals surface area contributed by atoms with Crippen molar-refractivity contribution >= 4 is 31.0 Å². The molecule has 4 N–H and O–H groups in total. The van der Waals surface area contributed by atoms with E-state index in [9.17, 15) is 16.8 Å². The van der Waals surface area contributed by atoms with Crippen LogP contribution in [0.25, 0.3) is 0 Å². The van der Waals surface area contributed by atoms with Crippen LogP contribution in [0.3, 0.4) is 0 Å². The molecule has 0 saturated heterocycles. The molecule has 0 aliphatic rings. The molecule has 1 heterocycles. The Balaban J connectivity index is 2.39. The van der Waals surface area contributed by atoms with Gasteiger partial charge in [-0.1, -0.05) is 6.92 Å². The van der Waals surface area contributed by atoms with Crippen molar-refractivity contribution in [2.75, 3.05) is 6.54 Å². The predicted octanol–water partition coefficient (Wildman–Crippen LogP) is 1.55. The summed E-state index contributed by atoms with van der Waals surface area (Å²) >= 11 is 1.11. The summed E-state index contributed by atoms with van der Waals surface area (Å²) in [5.41, 5.74) is 11.0. The van der Waals surface area contributed by atoms with Gasteiger partial charge < -0.3 is 11.5 Å². The van der Waals surface area contributed by atoms with E-state index in [0.717, 1.165) is 16.2 Å². The van der Waals surface area contributed by atoms with E-state index in [1.54, 1.807) is 13.0 Å². The fraction of sp³-hybridized carbons (Fsp3) is 0.333. The second-order valence-corrected chi connectivity index (χ2v) is 10.8. The highest BCUT2D eigenvalue weighted by Gasteiger charge is 2.26. The Morgan fingerprint density at radius 1 is 0.958 bits per heavy atom. The first-order valence-corrected chi connectivity index (χ1v) is 11.2. The first-order chi connectivity index (χ1) is 11.3. The van der Waals surface area contributed by atoms with Crippen LogP contribution in [0.1, 0.15) is 18.2 Å². The van der Waals surface area contributed by atoms with Crippen LogP contribution in [-0.2, 0) is 26.2 Å². The van der Waals surface area contributed by atoms with Crippen molar-refractivity contribution in [3.8, 4) is 0 Å². The summed E-state index contributed by atoms with van der Waals surface area (Å²) in [7, 11) is -7.24. The molecule has 1 atom stereocenters. The molecular weight excluding hydrogens is 368 g/mol. The summed E-state index contributed by atoms with van der Waals surface area (Å²) in [6, 6.07) is 8.44. The maximum absolute atomic E-state index is 12.6. The molecule has 0 saturated carbocycles. The smallest absolute Gasteiger partial charge is 0.215 e. The summed E-state index contributed by atoms with van der Waals surface area (Å²) in [6.07, 6.45) is 0.399. The van der Waals surface area contributed by atoms with E-state index in [4.69, 9.17) is 11.5 Å². The Bertz CT molecular complexity index is 896. The van der Waals surface area contributed by atoms with Crippen LogP contribution in [0, 0.1) is 0 Å². The van der Waals surface area contributed by atoms with Gasteiger partial charge in [0.2, 0.25) is 9.84 Å². The number of thiophene rings is 1. The van der Waals surface area contributed by atoms with Gasteiger partial charge in [0.05, 0.1) is 15.0 Å². The lowest BCUT2D eigenvalue weighted by Gasteiger charge is -2.14. The van der Waals surface area contributed by atoms with Gasteiger partial charge in [-0.15, -0.1) is 11.3 Å². The fourth-order valence-electron chi connectivity index (χ4n) is 2.24. The summed E-state index contributed by atoms with van der Waals surface area (Å²) in [6.45, 7) is 2.05. The van der Waals surface area contributed by atoms with Gasteiger partial charge in [-0.3, -0.25) is 0 Å². The zero-order valence-electron chi connectivity index (χ0n) is 13.2. The largest absolute Gasteiger partial charge is 0.329 e. The Labute approximate surface area is 146 Å². The normalized spacial score (nSPS) is 13.8. The monoisotopic (exact) mass is 388 g/mol. The quantitative estimate of drug-likeness (QED) is 0.742. The number of hydrogen-bond acceptors (Lipinski definition) is 7. The van der Waals surface area contributed by atoms with Gasteiger partial charge in [0.25, 0.3) is 0 Å². The van der Waals surface area contributed by atoms with Gasteiger partial charge in [-0.2, -0.15) is 0 Å². The lowest BCUT2D eigenvalue weighted by Crippen LogP contribution is -2.29. The Hall–Kier alpha value is -1.26. The molecule has 6 nitrogen and oxygen atoms in total. The van der Waals surface area contributed by atoms with Crippen LogP contribution in [0.15, 0.2) is 50.4 Å². The van der Waals surface area contributed by atoms with E-state index < -0.39 is 24.9 Å². The number of sulfone groups is 2. The first kappa shape index (κ1) is 19.1. The topological polar surface area (TPSA) is 120 Å². The van der Waals surface area contributed by atoms with E-state index in [2.05, 4.69) is 0 Å². The number of rotatable bonds is 7. The van der Waals surface area contributed by atoms with E-state index in [0.29, 0.717) is 6.42 Å². The molecule has 9 heteroatoms. The maximum atomic E-state index is 12.6. The minimum absolute atomic E-state index is 0.0238. The third-order valence-electron chi connectivity index (χ3n) is 3.72. The molecule has 2 aromatic rings. The molecule has 1 aromatic carbocycles. The average Bonchev–Trinajstić information content (AvgIpc) is 3.06. The van der Waals surface area contributed by atoms with Crippen molar-refractivity contribution in [2.24, 2.45) is 11.5 Å². The molecule has 132 valence electrons. The fourth-order valence-corrected chi connectivity index (χ4v) is 6.47. The lowest BCUT2D eigenvalue weighted by molar-refractivity contribution is 0.575. The molecule has 0 radical (unpaired) electrons. The highest BCUT2D eigenvalue weighted by atomic mass is 32.2. The van der Waals surface area contributed by atoms with Crippen molar-refractivity contribution in [3.63, 3.8) is 0 Å². The van der Waals surface area contributed by atoms with Crippen LogP contribution in [0.2, 0.25) is 0 Å². The maximum Gasteiger partial charge on any atom is 0.215 e. The third kappa shape index (κ3) is 3.55. The SMILES string of the molecule is CCC(CN)S(=O)(=O)c1ccc(S(=O)(=O)c2ccc(CN)s2)cc1. The zero-order chi connectivity index (χ0) is 18.0. The highest BCUT2D eigenvalue weighted by Crippen LogP contribution is 2.29. The van der Waals surface area contributed by atoms with E-state index in [1.807, 2.05) is 0 Å². The molecule has 1 aromatic heterocycles. The molecule has 0 bridgehead atoms. The molecule has 2 rings (SSSR count). The van der Waals surface area contributed by atoms with Crippen LogP contribution >= 0.6 is 11.3 Å². The van der Waals surface area contributed by atoms with Crippen molar-refractivity contribution in [1.29, 1.82) is 0 Å². The first-order valence-electron chi connectivity index (χ1n) is 7.35. The molecular formula is C15H20N2O4S3. The standard InChI is InChI=1S/C15H20N2O4S3/c1-2-12(10-17)23(18,19)13-4-6-14(7-5-13)24(20,21)15-8-3-11(9-16)22-15/h3-8,12H,2,9-10,16-17H2,1H3. The van der Waals surface area contributed by atoms with Crippen LogP contribution in [0.5, 0.6) is 0 Å². The minimum Gasteiger partial charge on any atom is -0.329 e. The molecule has 1 unspecified atom stereocenters. The summed E-state index contributed by atoms with van der Waals surface area (Å²) < 4.78 is 50.2. The second-order valence-electron chi connectivity index (χ2n) is 5.21. The van der Waals surface area contributed by atoms with E-state index >= 15 is 0 Å². The second kappa shape index (κ2) is 7.32. The van der Waals surface area contributed by atoms with Crippen LogP contribution in [0.4, 0.5) is 0 Å². The molecule has 24 heavy (non-hydrogen) atoms. The van der Waals surface area contributed by atoms with Crippen molar-refractivity contribution in [3.05, 3.63) is 41.3 Å². The van der Waals surface area contributed by atoms with Gasteiger partial charge in [0, 0.05) is 18.0 Å². The Morgan fingerprint density at radius 3 is 2.00 bits per heavy atom. The number of hydrogen-bond donors (Lipinski definition) is 2. The van der Waals surface area contributed by atoms with Gasteiger partial charge in [-0.05, 0) is 42.8 Å². The lowest BCUT2D eigenvalue weighted by atomic mass is 10.3. The van der Waals surface area contributed by atoms with Crippen molar-refractivity contribution in [1.82, 2.24) is 0 Å². The van der Waals surface area contributed by atoms with Gasteiger partial charge in [-0.25, -0.2) is 16.8 Å². The predicted molar refractivity (Wildman–Crippen MR) is 94.4 cm³/mol.